The van der Waals surface area contributed by atoms with Gasteiger partial charge in [0.1, 0.15) is 0 Å². The summed E-state index contributed by atoms with van der Waals surface area (Å²) in [6, 6.07) is 6.08. The number of benzene rings is 2. The molecule has 0 bridgehead atoms. The van der Waals surface area contributed by atoms with Crippen LogP contribution in [0.2, 0.25) is 10.0 Å². The Bertz CT molecular complexity index is 1340. The fraction of sp³-hybridized carbons (Fsp3) is 0.118. The van der Waals surface area contributed by atoms with Crippen LogP contribution in [0.15, 0.2) is 47.4 Å². The van der Waals surface area contributed by atoms with E-state index in [2.05, 4.69) is 10.3 Å². The molecule has 1 aromatic heterocycles. The van der Waals surface area contributed by atoms with Crippen molar-refractivity contribution in [3.8, 4) is 5.69 Å². The van der Waals surface area contributed by atoms with Gasteiger partial charge in [0.2, 0.25) is 0 Å². The molecule has 3 aromatic rings. The van der Waals surface area contributed by atoms with E-state index in [1.165, 1.54) is 10.8 Å². The number of nitrogens with zero attached hydrogens (tertiary/aromatic N) is 3. The van der Waals surface area contributed by atoms with Gasteiger partial charge in [0.05, 0.1) is 21.2 Å². The smallest absolute Gasteiger partial charge is 0.266 e. The highest BCUT2D eigenvalue weighted by Crippen LogP contribution is 2.36. The summed E-state index contributed by atoms with van der Waals surface area (Å²) in [7, 11) is -5.26. The van der Waals surface area contributed by atoms with Crippen LogP contribution >= 0.6 is 23.2 Å². The Morgan fingerprint density at radius 2 is 1.61 bits per heavy atom. The summed E-state index contributed by atoms with van der Waals surface area (Å²) in [6.07, 6.45) is -10.4. The predicted octanol–water partition coefficient (Wildman–Crippen LogP) is 4.73. The molecule has 0 aliphatic heterocycles. The summed E-state index contributed by atoms with van der Waals surface area (Å²) in [4.78, 5) is 11.0. The number of hydrogen-bond donors (Lipinski definition) is 1. The first-order valence-electron chi connectivity index (χ1n) is 8.34. The molecule has 1 heterocycles. The zero-order valence-electron chi connectivity index (χ0n) is 15.5. The maximum absolute atomic E-state index is 13.7. The van der Waals surface area contributed by atoms with Gasteiger partial charge in [0.25, 0.3) is 15.9 Å². The molecule has 2 aromatic carbocycles. The Balaban J connectivity index is 2.08. The van der Waals surface area contributed by atoms with Gasteiger partial charge in [-0.2, -0.15) is 26.3 Å². The first-order valence-corrected chi connectivity index (χ1v) is 10.6. The second-order valence-corrected chi connectivity index (χ2v) is 8.71. The largest absolute Gasteiger partial charge is 0.435 e. The van der Waals surface area contributed by atoms with Crippen LogP contribution < -0.4 is 4.72 Å². The number of alkyl halides is 6. The minimum Gasteiger partial charge on any atom is -0.266 e. The number of nitrogens with one attached hydrogen (secondary N) is 1. The molecule has 0 saturated heterocycles. The summed E-state index contributed by atoms with van der Waals surface area (Å²) in [5, 5.41) is 6.05. The average Bonchev–Trinajstić information content (AvgIpc) is 3.12. The molecule has 176 valence electrons. The number of carbonyl (C=O) groups is 1. The summed E-state index contributed by atoms with van der Waals surface area (Å²) in [6.45, 7) is 0. The lowest BCUT2D eigenvalue weighted by molar-refractivity contribution is -0.143. The van der Waals surface area contributed by atoms with Gasteiger partial charge in [-0.25, -0.2) is 17.8 Å². The molecule has 16 heteroatoms. The SMILES string of the molecule is O=C(NS(=O)(=O)c1ccccc1C(F)(F)F)c1nnn(-c2ccc(Cl)cc2Cl)c1C(F)(F)F. The van der Waals surface area contributed by atoms with Crippen molar-refractivity contribution in [1.29, 1.82) is 0 Å². The van der Waals surface area contributed by atoms with E-state index in [1.807, 2.05) is 0 Å². The zero-order valence-corrected chi connectivity index (χ0v) is 17.9. The highest BCUT2D eigenvalue weighted by molar-refractivity contribution is 7.90. The van der Waals surface area contributed by atoms with Crippen LogP contribution in [0.1, 0.15) is 21.7 Å². The maximum Gasteiger partial charge on any atom is 0.435 e. The Morgan fingerprint density at radius 3 is 2.18 bits per heavy atom. The first-order chi connectivity index (χ1) is 15.1. The van der Waals surface area contributed by atoms with Crippen LogP contribution in [-0.2, 0) is 22.4 Å². The number of halogens is 8. The molecule has 0 atom stereocenters. The standard InChI is InChI=1S/C17H8Cl2F6N4O3S/c18-8-5-6-11(10(19)7-8)29-14(17(23,24)25)13(26-28-29)15(30)27-33(31,32)12-4-2-1-3-9(12)16(20,21)22/h1-7H,(H,27,30). The van der Waals surface area contributed by atoms with Gasteiger partial charge in [-0.3, -0.25) is 4.79 Å². The zero-order chi connectivity index (χ0) is 24.8. The molecule has 0 fully saturated rings. The van der Waals surface area contributed by atoms with E-state index in [1.54, 1.807) is 0 Å². The summed E-state index contributed by atoms with van der Waals surface area (Å²) >= 11 is 11.6. The molecular formula is C17H8Cl2F6N4O3S. The van der Waals surface area contributed by atoms with Crippen molar-refractivity contribution < 1.29 is 39.6 Å². The molecule has 0 aliphatic carbocycles. The number of aromatic nitrogens is 3. The van der Waals surface area contributed by atoms with Crippen molar-refractivity contribution in [2.24, 2.45) is 0 Å². The van der Waals surface area contributed by atoms with E-state index in [9.17, 15) is 39.6 Å². The fourth-order valence-electron chi connectivity index (χ4n) is 2.67. The molecular weight excluding hydrogens is 525 g/mol. The monoisotopic (exact) mass is 532 g/mol. The van der Waals surface area contributed by atoms with E-state index in [-0.39, 0.29) is 14.7 Å². The third kappa shape index (κ3) is 5.07. The second-order valence-electron chi connectivity index (χ2n) is 6.22. The van der Waals surface area contributed by atoms with Crippen molar-refractivity contribution >= 4 is 39.1 Å². The minimum atomic E-state index is -5.30. The van der Waals surface area contributed by atoms with E-state index in [0.717, 1.165) is 24.3 Å². The van der Waals surface area contributed by atoms with Gasteiger partial charge in [-0.1, -0.05) is 40.5 Å². The molecule has 7 nitrogen and oxygen atoms in total. The summed E-state index contributed by atoms with van der Waals surface area (Å²) in [5.74, 6) is -1.96. The van der Waals surface area contributed by atoms with Crippen LogP contribution in [0, 0.1) is 0 Å². The summed E-state index contributed by atoms with van der Waals surface area (Å²) in [5.41, 5.74) is -5.35. The third-order valence-corrected chi connectivity index (χ3v) is 5.93. The highest BCUT2D eigenvalue weighted by Gasteiger charge is 2.44. The van der Waals surface area contributed by atoms with E-state index in [4.69, 9.17) is 23.2 Å². The summed E-state index contributed by atoms with van der Waals surface area (Å²) < 4.78 is 107. The van der Waals surface area contributed by atoms with Gasteiger partial charge in [0.15, 0.2) is 11.4 Å². The minimum absolute atomic E-state index is 0.0739. The van der Waals surface area contributed by atoms with Crippen molar-refractivity contribution in [2.75, 3.05) is 0 Å². The Labute approximate surface area is 191 Å². The number of sulfonamides is 1. The highest BCUT2D eigenvalue weighted by atomic mass is 35.5. The van der Waals surface area contributed by atoms with Crippen LogP contribution in [0.4, 0.5) is 26.3 Å². The molecule has 33 heavy (non-hydrogen) atoms. The van der Waals surface area contributed by atoms with Crippen molar-refractivity contribution in [3.05, 3.63) is 69.5 Å². The molecule has 0 aliphatic rings. The van der Waals surface area contributed by atoms with Gasteiger partial charge < -0.3 is 0 Å². The number of hydrogen-bond acceptors (Lipinski definition) is 5. The van der Waals surface area contributed by atoms with Crippen molar-refractivity contribution in [1.82, 2.24) is 19.7 Å². The quantitative estimate of drug-likeness (QED) is 0.490. The molecule has 0 saturated carbocycles. The number of rotatable bonds is 4. The molecule has 0 unspecified atom stereocenters. The predicted molar refractivity (Wildman–Crippen MR) is 102 cm³/mol. The van der Waals surface area contributed by atoms with Crippen molar-refractivity contribution in [3.63, 3.8) is 0 Å². The lowest BCUT2D eigenvalue weighted by atomic mass is 10.2. The topological polar surface area (TPSA) is 93.9 Å². The Kier molecular flexibility index (Phi) is 6.39. The van der Waals surface area contributed by atoms with Crippen LogP contribution in [0.3, 0.4) is 0 Å². The maximum atomic E-state index is 13.7. The van der Waals surface area contributed by atoms with E-state index in [0.29, 0.717) is 12.1 Å². The van der Waals surface area contributed by atoms with Gasteiger partial charge in [0, 0.05) is 5.02 Å². The van der Waals surface area contributed by atoms with Crippen LogP contribution in [0.5, 0.6) is 0 Å². The van der Waals surface area contributed by atoms with E-state index >= 15 is 0 Å². The first kappa shape index (κ1) is 24.8. The third-order valence-electron chi connectivity index (χ3n) is 4.00. The molecule has 1 N–H and O–H groups in total. The van der Waals surface area contributed by atoms with Gasteiger partial charge >= 0.3 is 12.4 Å². The van der Waals surface area contributed by atoms with Crippen LogP contribution in [-0.4, -0.2) is 29.3 Å². The van der Waals surface area contributed by atoms with E-state index < -0.39 is 55.8 Å². The van der Waals surface area contributed by atoms with Gasteiger partial charge in [-0.05, 0) is 30.3 Å². The van der Waals surface area contributed by atoms with Crippen molar-refractivity contribution in [2.45, 2.75) is 17.2 Å². The lowest BCUT2D eigenvalue weighted by Gasteiger charge is -2.14. The fourth-order valence-corrected chi connectivity index (χ4v) is 4.34. The Hall–Kier alpha value is -2.84. The molecule has 0 spiro atoms. The normalized spacial score (nSPS) is 12.6. The molecule has 3 rings (SSSR count). The second kappa shape index (κ2) is 8.50. The molecule has 0 radical (unpaired) electrons. The lowest BCUT2D eigenvalue weighted by Crippen LogP contribution is -2.34. The Morgan fingerprint density at radius 1 is 0.970 bits per heavy atom. The number of amides is 1. The number of carbonyl (C=O) groups excluding carboxylic acids is 1. The van der Waals surface area contributed by atoms with Crippen LogP contribution in [0.25, 0.3) is 5.69 Å². The van der Waals surface area contributed by atoms with Gasteiger partial charge in [-0.15, -0.1) is 5.10 Å². The average molecular weight is 533 g/mol. The molecule has 1 amide bonds.